The Hall–Kier alpha value is -2.35. The first kappa shape index (κ1) is 18.4. The van der Waals surface area contributed by atoms with Crippen molar-refractivity contribution in [1.82, 2.24) is 14.8 Å². The van der Waals surface area contributed by atoms with Gasteiger partial charge in [0.05, 0.1) is 5.56 Å². The van der Waals surface area contributed by atoms with Crippen LogP contribution in [0, 0.1) is 0 Å². The normalized spacial score (nSPS) is 16.7. The number of alkyl halides is 3. The lowest BCUT2D eigenvalue weighted by atomic mass is 10.0. The zero-order chi connectivity index (χ0) is 18.9. The SMILES string of the molecule is CN1CCC(N(C)C(=O)c2coc(-c3ccc(C(F)(F)F)cc3)n2)CC1. The Bertz CT molecular complexity index is 763. The molecular weight excluding hydrogens is 347 g/mol. The molecule has 1 aromatic heterocycles. The Kier molecular flexibility index (Phi) is 5.04. The number of benzene rings is 1. The fourth-order valence-corrected chi connectivity index (χ4v) is 3.04. The van der Waals surface area contributed by atoms with Crippen molar-refractivity contribution in [2.75, 3.05) is 27.2 Å². The summed E-state index contributed by atoms with van der Waals surface area (Å²) in [7, 11) is 3.79. The molecule has 0 radical (unpaired) electrons. The van der Waals surface area contributed by atoms with Crippen molar-refractivity contribution in [3.05, 3.63) is 41.8 Å². The highest BCUT2D eigenvalue weighted by Crippen LogP contribution is 2.31. The number of hydrogen-bond acceptors (Lipinski definition) is 4. The summed E-state index contributed by atoms with van der Waals surface area (Å²) in [4.78, 5) is 20.6. The van der Waals surface area contributed by atoms with Crippen LogP contribution in [-0.2, 0) is 6.18 Å². The van der Waals surface area contributed by atoms with Crippen LogP contribution in [0.15, 0.2) is 34.9 Å². The van der Waals surface area contributed by atoms with Gasteiger partial charge < -0.3 is 14.2 Å². The second-order valence-corrected chi connectivity index (χ2v) is 6.56. The van der Waals surface area contributed by atoms with E-state index in [2.05, 4.69) is 9.88 Å². The summed E-state index contributed by atoms with van der Waals surface area (Å²) in [5.41, 5.74) is -0.202. The number of piperidine rings is 1. The highest BCUT2D eigenvalue weighted by molar-refractivity contribution is 5.92. The monoisotopic (exact) mass is 367 g/mol. The number of amides is 1. The molecule has 0 saturated carbocycles. The topological polar surface area (TPSA) is 49.6 Å². The average molecular weight is 367 g/mol. The van der Waals surface area contributed by atoms with Crippen molar-refractivity contribution in [1.29, 1.82) is 0 Å². The van der Waals surface area contributed by atoms with E-state index in [4.69, 9.17) is 4.42 Å². The first-order valence-corrected chi connectivity index (χ1v) is 8.34. The molecule has 0 spiro atoms. The van der Waals surface area contributed by atoms with E-state index in [1.54, 1.807) is 11.9 Å². The molecule has 1 saturated heterocycles. The van der Waals surface area contributed by atoms with Gasteiger partial charge in [0, 0.05) is 18.7 Å². The molecule has 0 bridgehead atoms. The third-order valence-corrected chi connectivity index (χ3v) is 4.74. The van der Waals surface area contributed by atoms with E-state index in [9.17, 15) is 18.0 Å². The molecule has 1 amide bonds. The van der Waals surface area contributed by atoms with E-state index in [1.807, 2.05) is 7.05 Å². The maximum atomic E-state index is 12.6. The summed E-state index contributed by atoms with van der Waals surface area (Å²) in [5.74, 6) is -0.125. The number of oxazole rings is 1. The van der Waals surface area contributed by atoms with E-state index in [1.165, 1.54) is 18.4 Å². The van der Waals surface area contributed by atoms with Crippen molar-refractivity contribution >= 4 is 5.91 Å². The van der Waals surface area contributed by atoms with Crippen molar-refractivity contribution < 1.29 is 22.4 Å². The maximum absolute atomic E-state index is 12.6. The van der Waals surface area contributed by atoms with E-state index >= 15 is 0 Å². The van der Waals surface area contributed by atoms with E-state index in [0.717, 1.165) is 38.1 Å². The zero-order valence-electron chi connectivity index (χ0n) is 14.6. The molecule has 140 valence electrons. The average Bonchev–Trinajstić information content (AvgIpc) is 3.10. The third kappa shape index (κ3) is 3.90. The predicted molar refractivity (Wildman–Crippen MR) is 89.6 cm³/mol. The smallest absolute Gasteiger partial charge is 0.416 e. The van der Waals surface area contributed by atoms with E-state index in [0.29, 0.717) is 5.56 Å². The number of carbonyl (C=O) groups excluding carboxylic acids is 1. The number of halogens is 3. The zero-order valence-corrected chi connectivity index (χ0v) is 14.6. The Morgan fingerprint density at radius 1 is 1.23 bits per heavy atom. The highest BCUT2D eigenvalue weighted by atomic mass is 19.4. The van der Waals surface area contributed by atoms with Crippen LogP contribution in [0.4, 0.5) is 13.2 Å². The molecule has 5 nitrogen and oxygen atoms in total. The summed E-state index contributed by atoms with van der Waals surface area (Å²) in [6.07, 6.45) is -1.36. The quantitative estimate of drug-likeness (QED) is 0.833. The fourth-order valence-electron chi connectivity index (χ4n) is 3.04. The lowest BCUT2D eigenvalue weighted by molar-refractivity contribution is -0.137. The minimum atomic E-state index is -4.40. The van der Waals surface area contributed by atoms with Crippen molar-refractivity contribution in [3.63, 3.8) is 0 Å². The first-order chi connectivity index (χ1) is 12.3. The first-order valence-electron chi connectivity index (χ1n) is 8.34. The van der Waals surface area contributed by atoms with Gasteiger partial charge in [0.15, 0.2) is 5.69 Å². The molecular formula is C18H20F3N3O2. The number of likely N-dealkylation sites (tertiary alicyclic amines) is 1. The number of rotatable bonds is 3. The highest BCUT2D eigenvalue weighted by Gasteiger charge is 2.30. The molecule has 2 aromatic rings. The van der Waals surface area contributed by atoms with Gasteiger partial charge in [-0.2, -0.15) is 13.2 Å². The molecule has 0 atom stereocenters. The minimum absolute atomic E-state index is 0.124. The van der Waals surface area contributed by atoms with Crippen LogP contribution in [0.25, 0.3) is 11.5 Å². The molecule has 0 aliphatic carbocycles. The molecule has 0 N–H and O–H groups in total. The lowest BCUT2D eigenvalue weighted by Crippen LogP contribution is -2.44. The van der Waals surface area contributed by atoms with Crippen LogP contribution in [0.3, 0.4) is 0 Å². The maximum Gasteiger partial charge on any atom is 0.416 e. The van der Waals surface area contributed by atoms with Crippen LogP contribution in [-0.4, -0.2) is 53.9 Å². The molecule has 1 aliphatic heterocycles. The van der Waals surface area contributed by atoms with E-state index < -0.39 is 11.7 Å². The van der Waals surface area contributed by atoms with Gasteiger partial charge in [-0.1, -0.05) is 0 Å². The van der Waals surface area contributed by atoms with Gasteiger partial charge >= 0.3 is 6.18 Å². The molecule has 1 aromatic carbocycles. The minimum Gasteiger partial charge on any atom is -0.444 e. The van der Waals surface area contributed by atoms with Crippen LogP contribution >= 0.6 is 0 Å². The van der Waals surface area contributed by atoms with Crippen molar-refractivity contribution in [2.24, 2.45) is 0 Å². The second kappa shape index (κ2) is 7.11. The molecule has 2 heterocycles. The standard InChI is InChI=1S/C18H20F3N3O2/c1-23-9-7-14(8-10-23)24(2)17(25)15-11-26-16(22-15)12-3-5-13(6-4-12)18(19,20)21/h3-6,11,14H,7-10H2,1-2H3. The number of nitrogens with zero attached hydrogens (tertiary/aromatic N) is 3. The van der Waals surface area contributed by atoms with Crippen LogP contribution in [0.5, 0.6) is 0 Å². The summed E-state index contributed by atoms with van der Waals surface area (Å²) < 4.78 is 43.2. The van der Waals surface area contributed by atoms with Gasteiger partial charge in [0.1, 0.15) is 6.26 Å². The molecule has 26 heavy (non-hydrogen) atoms. The van der Waals surface area contributed by atoms with E-state index in [-0.39, 0.29) is 23.5 Å². The third-order valence-electron chi connectivity index (χ3n) is 4.74. The van der Waals surface area contributed by atoms with Gasteiger partial charge in [0.25, 0.3) is 5.91 Å². The van der Waals surface area contributed by atoms with Crippen LogP contribution in [0.1, 0.15) is 28.9 Å². The fraction of sp³-hybridized carbons (Fsp3) is 0.444. The Balaban J connectivity index is 1.72. The Labute approximate surface area is 149 Å². The second-order valence-electron chi connectivity index (χ2n) is 6.56. The van der Waals surface area contributed by atoms with Gasteiger partial charge in [-0.25, -0.2) is 4.98 Å². The summed E-state index contributed by atoms with van der Waals surface area (Å²) >= 11 is 0. The Morgan fingerprint density at radius 3 is 2.42 bits per heavy atom. The number of aromatic nitrogens is 1. The van der Waals surface area contributed by atoms with Crippen LogP contribution < -0.4 is 0 Å². The number of carbonyl (C=O) groups is 1. The summed E-state index contributed by atoms with van der Waals surface area (Å²) in [6.45, 7) is 1.86. The summed E-state index contributed by atoms with van der Waals surface area (Å²) in [5, 5.41) is 0. The molecule has 1 aliphatic rings. The number of hydrogen-bond donors (Lipinski definition) is 0. The van der Waals surface area contributed by atoms with Crippen molar-refractivity contribution in [2.45, 2.75) is 25.1 Å². The van der Waals surface area contributed by atoms with Gasteiger partial charge in [-0.05, 0) is 57.2 Å². The van der Waals surface area contributed by atoms with Gasteiger partial charge in [-0.15, -0.1) is 0 Å². The van der Waals surface area contributed by atoms with Gasteiger partial charge in [-0.3, -0.25) is 4.79 Å². The predicted octanol–water partition coefficient (Wildman–Crippen LogP) is 3.53. The largest absolute Gasteiger partial charge is 0.444 e. The summed E-state index contributed by atoms with van der Waals surface area (Å²) in [6, 6.07) is 4.63. The molecule has 3 rings (SSSR count). The molecule has 1 fully saturated rings. The Morgan fingerprint density at radius 2 is 1.85 bits per heavy atom. The molecule has 8 heteroatoms. The molecule has 0 unspecified atom stereocenters. The van der Waals surface area contributed by atoms with Crippen LogP contribution in [0.2, 0.25) is 0 Å². The lowest BCUT2D eigenvalue weighted by Gasteiger charge is -2.34. The van der Waals surface area contributed by atoms with Gasteiger partial charge in [0.2, 0.25) is 5.89 Å². The van der Waals surface area contributed by atoms with Crippen molar-refractivity contribution in [3.8, 4) is 11.5 Å².